The van der Waals surface area contributed by atoms with Crippen molar-refractivity contribution < 1.29 is 0 Å². The Morgan fingerprint density at radius 1 is 0.312 bits per heavy atom. The monoisotopic (exact) mass is 689 g/mol. The molecule has 0 nitrogen and oxygen atoms in total. The number of hydrogen-bond donors (Lipinski definition) is 0. The summed E-state index contributed by atoms with van der Waals surface area (Å²) in [7, 11) is 0. The molecule has 2 heteroatoms. The lowest BCUT2D eigenvalue weighted by Crippen LogP contribution is -1.84. The Morgan fingerprint density at radius 3 is 0.875 bits per heavy atom. The quantitative estimate of drug-likeness (QED) is 0.0478. The van der Waals surface area contributed by atoms with Crippen molar-refractivity contribution in [1.82, 2.24) is 0 Å². The Hall–Kier alpha value is -1.38. The molecule has 0 saturated carbocycles. The highest BCUT2D eigenvalue weighted by atomic mass is 32.1. The van der Waals surface area contributed by atoms with Crippen LogP contribution in [0.25, 0.3) is 30.9 Å². The van der Waals surface area contributed by atoms with Gasteiger partial charge < -0.3 is 0 Å². The summed E-state index contributed by atoms with van der Waals surface area (Å²) in [6.45, 7) is 4.61. The van der Waals surface area contributed by atoms with Gasteiger partial charge in [-0.2, -0.15) is 0 Å². The van der Waals surface area contributed by atoms with Gasteiger partial charge in [-0.3, -0.25) is 0 Å². The van der Waals surface area contributed by atoms with E-state index in [9.17, 15) is 0 Å². The average Bonchev–Trinajstić information content (AvgIpc) is 3.72. The molecule has 0 unspecified atom stereocenters. The smallest absolute Gasteiger partial charge is 0.0352 e. The number of hydrogen-bond acceptors (Lipinski definition) is 2. The van der Waals surface area contributed by atoms with Crippen molar-refractivity contribution in [2.24, 2.45) is 0 Å². The Bertz CT molecular complexity index is 1270. The minimum absolute atomic E-state index is 1.25. The maximum atomic E-state index is 2.53. The van der Waals surface area contributed by atoms with Crippen LogP contribution in [0.1, 0.15) is 203 Å². The zero-order valence-electron chi connectivity index (χ0n) is 31.5. The Morgan fingerprint density at radius 2 is 0.583 bits per heavy atom. The first-order valence-electron chi connectivity index (χ1n) is 21.2. The molecule has 48 heavy (non-hydrogen) atoms. The fourth-order valence-electron chi connectivity index (χ4n) is 7.79. The van der Waals surface area contributed by atoms with Crippen LogP contribution in [0.2, 0.25) is 0 Å². The molecule has 0 saturated heterocycles. The molecule has 0 amide bonds. The standard InChI is InChI=1S/C46H72S2/c1-3-5-7-9-11-13-15-17-19-21-23-25-27-29-31-39-37-43-41-34-36-46-44(42(41)33-35-45(43)47-39)38-40(48-46)32-30-28-26-24-22-20-18-16-14-12-10-8-6-4-2/h33-38H,3-32H2,1-2H3. The first-order chi connectivity index (χ1) is 23.8. The number of aryl methyl sites for hydroxylation is 2. The minimum atomic E-state index is 1.25. The highest BCUT2D eigenvalue weighted by Gasteiger charge is 2.11. The topological polar surface area (TPSA) is 0 Å². The maximum absolute atomic E-state index is 2.53. The second kappa shape index (κ2) is 24.7. The maximum Gasteiger partial charge on any atom is 0.0352 e. The molecule has 0 aliphatic heterocycles. The molecule has 0 fully saturated rings. The van der Waals surface area contributed by atoms with Gasteiger partial charge in [-0.25, -0.2) is 0 Å². The predicted octanol–water partition coefficient (Wildman–Crippen LogP) is 17.3. The third-order valence-corrected chi connectivity index (χ3v) is 13.2. The van der Waals surface area contributed by atoms with E-state index in [4.69, 9.17) is 0 Å². The summed E-state index contributed by atoms with van der Waals surface area (Å²) in [5.41, 5.74) is 0. The lowest BCUT2D eigenvalue weighted by Gasteiger charge is -2.03. The molecule has 4 rings (SSSR count). The van der Waals surface area contributed by atoms with Gasteiger partial charge in [-0.15, -0.1) is 22.7 Å². The Labute approximate surface area is 304 Å². The largest absolute Gasteiger partial charge is 0.140 e. The zero-order valence-corrected chi connectivity index (χ0v) is 33.1. The van der Waals surface area contributed by atoms with Crippen LogP contribution in [0, 0.1) is 0 Å². The van der Waals surface area contributed by atoms with E-state index in [-0.39, 0.29) is 0 Å². The summed E-state index contributed by atoms with van der Waals surface area (Å²) in [5, 5.41) is 5.90. The molecular weight excluding hydrogens is 617 g/mol. The van der Waals surface area contributed by atoms with Gasteiger partial charge >= 0.3 is 0 Å². The molecular formula is C46H72S2. The van der Waals surface area contributed by atoms with E-state index < -0.39 is 0 Å². The van der Waals surface area contributed by atoms with Gasteiger partial charge in [0.25, 0.3) is 0 Å². The molecule has 0 aliphatic rings. The van der Waals surface area contributed by atoms with Crippen molar-refractivity contribution in [2.75, 3.05) is 0 Å². The molecule has 0 spiro atoms. The van der Waals surface area contributed by atoms with Crippen LogP contribution in [-0.4, -0.2) is 0 Å². The fourth-order valence-corrected chi connectivity index (χ4v) is 10.0. The van der Waals surface area contributed by atoms with Crippen LogP contribution in [0.5, 0.6) is 0 Å². The van der Waals surface area contributed by atoms with Crippen molar-refractivity contribution in [3.8, 4) is 0 Å². The predicted molar refractivity (Wildman–Crippen MR) is 223 cm³/mol. The lowest BCUT2D eigenvalue weighted by molar-refractivity contribution is 0.536. The number of rotatable bonds is 30. The van der Waals surface area contributed by atoms with Gasteiger partial charge in [-0.1, -0.05) is 193 Å². The SMILES string of the molecule is CCCCCCCCCCCCCCCCc1cc2c(ccc3c4cc(CCCCCCCCCCCCCCCC)sc4ccc23)s1. The summed E-state index contributed by atoms with van der Waals surface area (Å²) in [4.78, 5) is 3.17. The molecule has 0 radical (unpaired) electrons. The van der Waals surface area contributed by atoms with Crippen molar-refractivity contribution in [1.29, 1.82) is 0 Å². The van der Waals surface area contributed by atoms with E-state index in [0.29, 0.717) is 0 Å². The normalized spacial score (nSPS) is 12.0. The van der Waals surface area contributed by atoms with Crippen LogP contribution in [0.4, 0.5) is 0 Å². The molecule has 4 aromatic rings. The van der Waals surface area contributed by atoms with Gasteiger partial charge in [0.15, 0.2) is 0 Å². The number of benzene rings is 2. The fraction of sp³-hybridized carbons (Fsp3) is 0.696. The summed E-state index contributed by atoms with van der Waals surface area (Å²) < 4.78 is 2.94. The molecule has 268 valence electrons. The third-order valence-electron chi connectivity index (χ3n) is 10.9. The molecule has 0 N–H and O–H groups in total. The molecule has 2 heterocycles. The minimum Gasteiger partial charge on any atom is -0.140 e. The number of unbranched alkanes of at least 4 members (excludes halogenated alkanes) is 26. The summed E-state index contributed by atoms with van der Waals surface area (Å²) in [6.07, 6.45) is 42.6. The number of thiophene rings is 2. The van der Waals surface area contributed by atoms with Gasteiger partial charge in [0, 0.05) is 29.9 Å². The van der Waals surface area contributed by atoms with Crippen molar-refractivity contribution in [2.45, 2.75) is 206 Å². The molecule has 0 aliphatic carbocycles. The second-order valence-electron chi connectivity index (χ2n) is 15.2. The van der Waals surface area contributed by atoms with E-state index in [2.05, 4.69) is 50.2 Å². The lowest BCUT2D eigenvalue weighted by atomic mass is 10.0. The van der Waals surface area contributed by atoms with Crippen LogP contribution < -0.4 is 0 Å². The van der Waals surface area contributed by atoms with Crippen LogP contribution >= 0.6 is 22.7 Å². The first-order valence-corrected chi connectivity index (χ1v) is 22.8. The van der Waals surface area contributed by atoms with Crippen molar-refractivity contribution >= 4 is 53.6 Å². The second-order valence-corrected chi connectivity index (χ2v) is 17.5. The number of fused-ring (bicyclic) bond motifs is 5. The molecule has 2 aromatic heterocycles. The third kappa shape index (κ3) is 14.5. The summed E-state index contributed by atoms with van der Waals surface area (Å²) in [5.74, 6) is 0. The molecule has 0 bridgehead atoms. The molecule has 0 atom stereocenters. The zero-order chi connectivity index (χ0) is 33.5. The van der Waals surface area contributed by atoms with Crippen LogP contribution in [0.3, 0.4) is 0 Å². The van der Waals surface area contributed by atoms with Gasteiger partial charge in [0.1, 0.15) is 0 Å². The van der Waals surface area contributed by atoms with Crippen molar-refractivity contribution in [3.05, 3.63) is 46.2 Å². The van der Waals surface area contributed by atoms with E-state index in [1.807, 2.05) is 22.7 Å². The Kier molecular flexibility index (Phi) is 20.3. The summed E-state index contributed by atoms with van der Waals surface area (Å²) in [6, 6.07) is 14.7. The van der Waals surface area contributed by atoms with Crippen LogP contribution in [0.15, 0.2) is 36.4 Å². The van der Waals surface area contributed by atoms with E-state index in [0.717, 1.165) is 0 Å². The molecule has 2 aromatic carbocycles. The van der Waals surface area contributed by atoms with Gasteiger partial charge in [-0.05, 0) is 60.7 Å². The summed E-state index contributed by atoms with van der Waals surface area (Å²) >= 11 is 4.08. The van der Waals surface area contributed by atoms with E-state index in [1.165, 1.54) is 224 Å². The highest BCUT2D eigenvalue weighted by Crippen LogP contribution is 2.38. The van der Waals surface area contributed by atoms with E-state index >= 15 is 0 Å². The van der Waals surface area contributed by atoms with Crippen LogP contribution in [-0.2, 0) is 12.8 Å². The first kappa shape index (κ1) is 39.4. The Balaban J connectivity index is 1.09. The average molecular weight is 689 g/mol. The van der Waals surface area contributed by atoms with Gasteiger partial charge in [0.2, 0.25) is 0 Å². The van der Waals surface area contributed by atoms with Crippen molar-refractivity contribution in [3.63, 3.8) is 0 Å². The van der Waals surface area contributed by atoms with E-state index in [1.54, 1.807) is 9.75 Å². The highest BCUT2D eigenvalue weighted by molar-refractivity contribution is 7.19. The van der Waals surface area contributed by atoms with Gasteiger partial charge in [0.05, 0.1) is 0 Å².